The van der Waals surface area contributed by atoms with Crippen molar-refractivity contribution in [3.05, 3.63) is 50.9 Å². The Morgan fingerprint density at radius 1 is 1.29 bits per heavy atom. The number of hydrogen-bond donors (Lipinski definition) is 1. The largest absolute Gasteiger partial charge is 0.326 e. The first-order chi connectivity index (χ1) is 11.6. The van der Waals surface area contributed by atoms with Gasteiger partial charge in [0.2, 0.25) is 5.91 Å². The van der Waals surface area contributed by atoms with Gasteiger partial charge in [0.25, 0.3) is 5.91 Å². The van der Waals surface area contributed by atoms with Crippen LogP contribution in [-0.4, -0.2) is 29.3 Å². The normalized spacial score (nSPS) is 17.6. The molecule has 1 aromatic carbocycles. The zero-order valence-electron chi connectivity index (χ0n) is 12.8. The van der Waals surface area contributed by atoms with Crippen LogP contribution in [0.2, 0.25) is 0 Å². The summed E-state index contributed by atoms with van der Waals surface area (Å²) in [7, 11) is 0. The van der Waals surface area contributed by atoms with Crippen molar-refractivity contribution < 1.29 is 14.0 Å². The Morgan fingerprint density at radius 2 is 2.12 bits per heavy atom. The lowest BCUT2D eigenvalue weighted by Gasteiger charge is -2.34. The minimum atomic E-state index is -0.509. The number of nitrogens with zero attached hydrogens (tertiary/aromatic N) is 1. The number of thiophene rings is 1. The van der Waals surface area contributed by atoms with Crippen LogP contribution >= 0.6 is 27.3 Å². The molecule has 2 amide bonds. The molecule has 1 fully saturated rings. The second-order valence-corrected chi connectivity index (χ2v) is 7.40. The van der Waals surface area contributed by atoms with Crippen LogP contribution in [0.15, 0.2) is 40.2 Å². The third-order valence-electron chi connectivity index (χ3n) is 3.99. The molecule has 7 heteroatoms. The van der Waals surface area contributed by atoms with E-state index in [0.29, 0.717) is 28.0 Å². The number of piperidine rings is 1. The summed E-state index contributed by atoms with van der Waals surface area (Å²) in [6, 6.07) is 7.18. The van der Waals surface area contributed by atoms with Crippen LogP contribution in [0.5, 0.6) is 0 Å². The summed E-state index contributed by atoms with van der Waals surface area (Å²) in [5.74, 6) is -0.734. The van der Waals surface area contributed by atoms with Crippen molar-refractivity contribution in [1.82, 2.24) is 4.90 Å². The van der Waals surface area contributed by atoms with Gasteiger partial charge in [-0.3, -0.25) is 9.59 Å². The smallest absolute Gasteiger partial charge is 0.264 e. The predicted molar refractivity (Wildman–Crippen MR) is 95.7 cm³/mol. The maximum Gasteiger partial charge on any atom is 0.264 e. The molecule has 1 aliphatic rings. The van der Waals surface area contributed by atoms with E-state index in [9.17, 15) is 14.0 Å². The molecule has 1 N–H and O–H groups in total. The number of rotatable bonds is 3. The molecule has 3 rings (SSSR count). The first-order valence-corrected chi connectivity index (χ1v) is 9.34. The minimum absolute atomic E-state index is 0.108. The number of carbonyl (C=O) groups excluding carboxylic acids is 2. The van der Waals surface area contributed by atoms with E-state index in [0.717, 1.165) is 12.8 Å². The van der Waals surface area contributed by atoms with Crippen LogP contribution in [-0.2, 0) is 4.79 Å². The van der Waals surface area contributed by atoms with Gasteiger partial charge < -0.3 is 10.2 Å². The zero-order chi connectivity index (χ0) is 17.1. The summed E-state index contributed by atoms with van der Waals surface area (Å²) in [5, 5.41) is 4.64. The van der Waals surface area contributed by atoms with Crippen LogP contribution < -0.4 is 5.32 Å². The molecule has 126 valence electrons. The van der Waals surface area contributed by atoms with E-state index in [1.54, 1.807) is 11.0 Å². The number of amides is 2. The van der Waals surface area contributed by atoms with E-state index < -0.39 is 6.04 Å². The van der Waals surface area contributed by atoms with Gasteiger partial charge in [-0.2, -0.15) is 0 Å². The Bertz CT molecular complexity index is 751. The average Bonchev–Trinajstić information content (AvgIpc) is 3.11. The van der Waals surface area contributed by atoms with E-state index in [1.807, 2.05) is 11.4 Å². The zero-order valence-corrected chi connectivity index (χ0v) is 15.2. The highest BCUT2D eigenvalue weighted by atomic mass is 79.9. The van der Waals surface area contributed by atoms with Gasteiger partial charge in [0.05, 0.1) is 10.6 Å². The van der Waals surface area contributed by atoms with E-state index in [2.05, 4.69) is 21.2 Å². The maximum atomic E-state index is 13.2. The highest BCUT2D eigenvalue weighted by Crippen LogP contribution is 2.26. The molecule has 1 saturated heterocycles. The van der Waals surface area contributed by atoms with Gasteiger partial charge in [-0.1, -0.05) is 6.07 Å². The molecule has 0 bridgehead atoms. The van der Waals surface area contributed by atoms with Crippen molar-refractivity contribution in [2.45, 2.75) is 25.3 Å². The summed E-state index contributed by atoms with van der Waals surface area (Å²) < 4.78 is 13.6. The van der Waals surface area contributed by atoms with Crippen molar-refractivity contribution in [1.29, 1.82) is 0 Å². The van der Waals surface area contributed by atoms with E-state index >= 15 is 0 Å². The monoisotopic (exact) mass is 410 g/mol. The Labute approximate surface area is 151 Å². The summed E-state index contributed by atoms with van der Waals surface area (Å²) in [5.41, 5.74) is 0.496. The topological polar surface area (TPSA) is 49.4 Å². The van der Waals surface area contributed by atoms with Gasteiger partial charge in [-0.05, 0) is 64.8 Å². The molecule has 0 spiro atoms. The van der Waals surface area contributed by atoms with Gasteiger partial charge in [0.1, 0.15) is 11.9 Å². The molecule has 1 atom stereocenters. The van der Waals surface area contributed by atoms with Gasteiger partial charge >= 0.3 is 0 Å². The number of nitrogens with one attached hydrogen (secondary N) is 1. The first kappa shape index (κ1) is 17.1. The van der Waals surface area contributed by atoms with E-state index in [4.69, 9.17) is 0 Å². The van der Waals surface area contributed by atoms with E-state index in [-0.39, 0.29) is 17.6 Å². The average molecular weight is 411 g/mol. The molecular weight excluding hydrogens is 395 g/mol. The van der Waals surface area contributed by atoms with Crippen LogP contribution in [0.3, 0.4) is 0 Å². The SMILES string of the molecule is O=C(Nc1ccc(F)cc1Br)C1CCCCN1C(=O)c1cccs1. The molecule has 4 nitrogen and oxygen atoms in total. The van der Waals surface area contributed by atoms with Crippen LogP contribution in [0.25, 0.3) is 0 Å². The van der Waals surface area contributed by atoms with Gasteiger partial charge in [0.15, 0.2) is 0 Å². The second-order valence-electron chi connectivity index (χ2n) is 5.60. The molecule has 2 heterocycles. The first-order valence-electron chi connectivity index (χ1n) is 7.66. The Hall–Kier alpha value is -1.73. The lowest BCUT2D eigenvalue weighted by molar-refractivity contribution is -0.121. The van der Waals surface area contributed by atoms with Crippen LogP contribution in [0, 0.1) is 5.82 Å². The fraction of sp³-hybridized carbons (Fsp3) is 0.294. The Kier molecular flexibility index (Phi) is 5.30. The molecule has 1 unspecified atom stereocenters. The number of benzene rings is 1. The fourth-order valence-electron chi connectivity index (χ4n) is 2.80. The Morgan fingerprint density at radius 3 is 2.83 bits per heavy atom. The molecule has 2 aromatic rings. The number of carbonyl (C=O) groups is 2. The van der Waals surface area contributed by atoms with Gasteiger partial charge in [-0.25, -0.2) is 4.39 Å². The summed E-state index contributed by atoms with van der Waals surface area (Å²) in [4.78, 5) is 27.6. The summed E-state index contributed by atoms with van der Waals surface area (Å²) in [6.07, 6.45) is 2.42. The summed E-state index contributed by atoms with van der Waals surface area (Å²) >= 11 is 4.62. The van der Waals surface area contributed by atoms with Crippen molar-refractivity contribution >= 4 is 44.8 Å². The second kappa shape index (κ2) is 7.44. The lowest BCUT2D eigenvalue weighted by Crippen LogP contribution is -2.49. The summed E-state index contributed by atoms with van der Waals surface area (Å²) in [6.45, 7) is 0.569. The minimum Gasteiger partial charge on any atom is -0.326 e. The van der Waals surface area contributed by atoms with Gasteiger partial charge in [0, 0.05) is 11.0 Å². The highest BCUT2D eigenvalue weighted by Gasteiger charge is 2.33. The molecule has 0 radical (unpaired) electrons. The molecule has 1 aliphatic heterocycles. The number of hydrogen-bond acceptors (Lipinski definition) is 3. The predicted octanol–water partition coefficient (Wildman–Crippen LogP) is 4.28. The lowest BCUT2D eigenvalue weighted by atomic mass is 10.0. The van der Waals surface area contributed by atoms with Crippen LogP contribution in [0.4, 0.5) is 10.1 Å². The van der Waals surface area contributed by atoms with Crippen molar-refractivity contribution in [3.63, 3.8) is 0 Å². The third-order valence-corrected chi connectivity index (χ3v) is 5.50. The molecule has 24 heavy (non-hydrogen) atoms. The fourth-order valence-corrected chi connectivity index (χ4v) is 3.92. The van der Waals surface area contributed by atoms with Crippen molar-refractivity contribution in [2.24, 2.45) is 0 Å². The maximum absolute atomic E-state index is 13.2. The number of likely N-dealkylation sites (tertiary alicyclic amines) is 1. The molecular formula is C17H16BrFN2O2S. The molecule has 0 saturated carbocycles. The standard InChI is InChI=1S/C17H16BrFN2O2S/c18-12-10-11(19)6-7-13(12)20-16(22)14-4-1-2-8-21(14)17(23)15-5-3-9-24-15/h3,5-7,9-10,14H,1-2,4,8H2,(H,20,22). The highest BCUT2D eigenvalue weighted by molar-refractivity contribution is 9.10. The van der Waals surface area contributed by atoms with Crippen molar-refractivity contribution in [2.75, 3.05) is 11.9 Å². The number of halogens is 2. The van der Waals surface area contributed by atoms with Crippen molar-refractivity contribution in [3.8, 4) is 0 Å². The Balaban J connectivity index is 1.77. The molecule has 0 aliphatic carbocycles. The number of anilines is 1. The third kappa shape index (κ3) is 3.67. The van der Waals surface area contributed by atoms with Gasteiger partial charge in [-0.15, -0.1) is 11.3 Å². The molecule has 1 aromatic heterocycles. The van der Waals surface area contributed by atoms with E-state index in [1.165, 1.54) is 29.5 Å². The van der Waals surface area contributed by atoms with Crippen LogP contribution in [0.1, 0.15) is 28.9 Å². The quantitative estimate of drug-likeness (QED) is 0.820.